The number of hydrogen-bond donors (Lipinski definition) is 2. The van der Waals surface area contributed by atoms with Crippen LogP contribution in [-0.4, -0.2) is 56.3 Å². The maximum atomic E-state index is 12.6. The number of likely N-dealkylation sites (N-methyl/N-ethyl adjacent to an activating group) is 1. The Balaban J connectivity index is 4.20. The fourth-order valence-corrected chi connectivity index (χ4v) is 6.98. The molecule has 2 atom stereocenters. The quantitative estimate of drug-likeness (QED) is 0.0268. The molecule has 10 heteroatoms. The lowest BCUT2D eigenvalue weighted by Crippen LogP contribution is -2.29. The van der Waals surface area contributed by atoms with Crippen molar-refractivity contribution in [2.45, 2.75) is 213 Å². The molecule has 0 aliphatic rings. The Labute approximate surface area is 344 Å². The minimum atomic E-state index is -4.35. The predicted octanol–water partition coefficient (Wildman–Crippen LogP) is 13.2. The molecule has 0 saturated heterocycles. The van der Waals surface area contributed by atoms with E-state index in [1.54, 1.807) is 7.05 Å². The van der Waals surface area contributed by atoms with Crippen molar-refractivity contribution in [1.29, 1.82) is 0 Å². The Morgan fingerprint density at radius 3 is 1.46 bits per heavy atom. The van der Waals surface area contributed by atoms with Crippen molar-refractivity contribution in [3.8, 4) is 0 Å². The standard InChI is InChI=1S/C46H86NO8P/c1-4-6-8-10-12-14-16-18-20-22-24-26-28-30-32-34-36-38-45(48)52-42-44(43-54-56(50,51)53-41-40-47-3)55-46(49)39-37-35-33-31-29-27-25-23-21-19-17-15-13-11-9-7-5-2/h13,15,18-21,44,47H,4-12,14,16-17,22-43H2,1-3H3,(H,50,51)/b15-13-,20-18-,21-19-. The number of hydrogen-bond acceptors (Lipinski definition) is 8. The summed E-state index contributed by atoms with van der Waals surface area (Å²) < 4.78 is 33.2. The van der Waals surface area contributed by atoms with Gasteiger partial charge < -0.3 is 19.7 Å². The summed E-state index contributed by atoms with van der Waals surface area (Å²) in [5.41, 5.74) is 0. The van der Waals surface area contributed by atoms with Crippen molar-refractivity contribution in [2.75, 3.05) is 33.4 Å². The summed E-state index contributed by atoms with van der Waals surface area (Å²) in [7, 11) is -2.65. The van der Waals surface area contributed by atoms with Crippen LogP contribution in [0, 0.1) is 0 Å². The largest absolute Gasteiger partial charge is 0.472 e. The molecule has 0 aliphatic heterocycles. The number of phosphoric ester groups is 1. The summed E-state index contributed by atoms with van der Waals surface area (Å²) >= 11 is 0. The van der Waals surface area contributed by atoms with Crippen LogP contribution in [0.3, 0.4) is 0 Å². The number of ether oxygens (including phenoxy) is 2. The van der Waals surface area contributed by atoms with E-state index < -0.39 is 26.5 Å². The molecule has 0 aromatic heterocycles. The van der Waals surface area contributed by atoms with Gasteiger partial charge in [0.1, 0.15) is 6.61 Å². The van der Waals surface area contributed by atoms with Crippen LogP contribution in [0.5, 0.6) is 0 Å². The fourth-order valence-electron chi connectivity index (χ4n) is 6.22. The van der Waals surface area contributed by atoms with Gasteiger partial charge in [0.15, 0.2) is 6.10 Å². The third-order valence-corrected chi connectivity index (χ3v) is 10.7. The number of rotatable bonds is 43. The molecule has 0 bridgehead atoms. The van der Waals surface area contributed by atoms with E-state index in [1.807, 2.05) is 0 Å². The first-order chi connectivity index (χ1) is 27.3. The summed E-state index contributed by atoms with van der Waals surface area (Å²) in [5, 5.41) is 2.82. The average molecular weight is 812 g/mol. The lowest BCUT2D eigenvalue weighted by Gasteiger charge is -2.20. The number of carbonyl (C=O) groups is 2. The highest BCUT2D eigenvalue weighted by molar-refractivity contribution is 7.47. The lowest BCUT2D eigenvalue weighted by molar-refractivity contribution is -0.161. The number of carbonyl (C=O) groups excluding carboxylic acids is 2. The van der Waals surface area contributed by atoms with Crippen molar-refractivity contribution in [3.63, 3.8) is 0 Å². The van der Waals surface area contributed by atoms with Gasteiger partial charge in [-0.2, -0.15) is 0 Å². The average Bonchev–Trinajstić information content (AvgIpc) is 3.18. The van der Waals surface area contributed by atoms with Gasteiger partial charge in [0.05, 0.1) is 13.2 Å². The molecule has 0 aromatic carbocycles. The van der Waals surface area contributed by atoms with Gasteiger partial charge in [-0.15, -0.1) is 0 Å². The van der Waals surface area contributed by atoms with E-state index in [-0.39, 0.29) is 32.0 Å². The SMILES string of the molecule is CCCCC/C=C\C/C=C\CCCCCCCCCC(=O)OC(COC(=O)CCCCCCCCC/C=C\CCCCCCCC)COP(=O)(O)OCCNC. The van der Waals surface area contributed by atoms with Gasteiger partial charge in [-0.3, -0.25) is 18.6 Å². The summed E-state index contributed by atoms with van der Waals surface area (Å²) in [6.07, 6.45) is 46.1. The maximum absolute atomic E-state index is 12.6. The first kappa shape index (κ1) is 54.2. The van der Waals surface area contributed by atoms with Gasteiger partial charge in [0.2, 0.25) is 0 Å². The van der Waals surface area contributed by atoms with Crippen molar-refractivity contribution in [3.05, 3.63) is 36.5 Å². The molecular formula is C46H86NO8P. The van der Waals surface area contributed by atoms with Crippen LogP contribution >= 0.6 is 7.82 Å². The van der Waals surface area contributed by atoms with Crippen LogP contribution in [0.15, 0.2) is 36.5 Å². The molecule has 56 heavy (non-hydrogen) atoms. The van der Waals surface area contributed by atoms with Gasteiger partial charge in [-0.25, -0.2) is 4.57 Å². The molecule has 9 nitrogen and oxygen atoms in total. The third-order valence-electron chi connectivity index (χ3n) is 9.73. The molecular weight excluding hydrogens is 725 g/mol. The van der Waals surface area contributed by atoms with Gasteiger partial charge in [0.25, 0.3) is 0 Å². The Hall–Kier alpha value is -1.77. The number of unbranched alkanes of at least 4 members (excludes halogenated alkanes) is 23. The maximum Gasteiger partial charge on any atom is 0.472 e. The molecule has 2 N–H and O–H groups in total. The molecule has 0 aromatic rings. The van der Waals surface area contributed by atoms with Crippen molar-refractivity contribution < 1.29 is 37.6 Å². The number of esters is 2. The fraction of sp³-hybridized carbons (Fsp3) is 0.826. The minimum absolute atomic E-state index is 0.0193. The minimum Gasteiger partial charge on any atom is -0.462 e. The number of allylic oxidation sites excluding steroid dienone is 6. The summed E-state index contributed by atoms with van der Waals surface area (Å²) in [5.74, 6) is -0.817. The third kappa shape index (κ3) is 41.9. The van der Waals surface area contributed by atoms with E-state index in [9.17, 15) is 19.0 Å². The molecule has 0 spiro atoms. The Morgan fingerprint density at radius 1 is 0.554 bits per heavy atom. The highest BCUT2D eigenvalue weighted by Crippen LogP contribution is 2.43. The smallest absolute Gasteiger partial charge is 0.462 e. The molecule has 0 amide bonds. The zero-order valence-electron chi connectivity index (χ0n) is 36.3. The van der Waals surface area contributed by atoms with Crippen molar-refractivity contribution in [2.24, 2.45) is 0 Å². The summed E-state index contributed by atoms with van der Waals surface area (Å²) in [4.78, 5) is 35.1. The zero-order valence-corrected chi connectivity index (χ0v) is 37.2. The highest BCUT2D eigenvalue weighted by atomic mass is 31.2. The second-order valence-corrected chi connectivity index (χ2v) is 16.7. The van der Waals surface area contributed by atoms with Gasteiger partial charge in [0, 0.05) is 19.4 Å². The van der Waals surface area contributed by atoms with Gasteiger partial charge in [-0.05, 0) is 77.7 Å². The molecule has 0 aliphatic carbocycles. The van der Waals surface area contributed by atoms with Crippen LogP contribution in [0.4, 0.5) is 0 Å². The van der Waals surface area contributed by atoms with E-state index in [1.165, 1.54) is 122 Å². The van der Waals surface area contributed by atoms with Crippen LogP contribution in [-0.2, 0) is 32.7 Å². The monoisotopic (exact) mass is 812 g/mol. The zero-order chi connectivity index (χ0) is 41.1. The molecule has 328 valence electrons. The summed E-state index contributed by atoms with van der Waals surface area (Å²) in [6, 6.07) is 0. The van der Waals surface area contributed by atoms with Crippen LogP contribution in [0.2, 0.25) is 0 Å². The molecule has 0 fully saturated rings. The number of phosphoric acid groups is 1. The molecule has 0 radical (unpaired) electrons. The van der Waals surface area contributed by atoms with Crippen molar-refractivity contribution in [1.82, 2.24) is 5.32 Å². The first-order valence-electron chi connectivity index (χ1n) is 22.9. The predicted molar refractivity (Wildman–Crippen MR) is 234 cm³/mol. The van der Waals surface area contributed by atoms with E-state index in [2.05, 4.69) is 55.6 Å². The van der Waals surface area contributed by atoms with Crippen LogP contribution in [0.25, 0.3) is 0 Å². The molecule has 0 saturated carbocycles. The van der Waals surface area contributed by atoms with E-state index >= 15 is 0 Å². The Bertz CT molecular complexity index is 1020. The second-order valence-electron chi connectivity index (χ2n) is 15.2. The van der Waals surface area contributed by atoms with Crippen LogP contribution in [0.1, 0.15) is 206 Å². The second kappa shape index (κ2) is 42.8. The molecule has 0 heterocycles. The van der Waals surface area contributed by atoms with Crippen LogP contribution < -0.4 is 5.32 Å². The van der Waals surface area contributed by atoms with E-state index in [4.69, 9.17) is 18.5 Å². The van der Waals surface area contributed by atoms with Gasteiger partial charge in [-0.1, -0.05) is 159 Å². The lowest BCUT2D eigenvalue weighted by atomic mass is 10.1. The number of nitrogens with one attached hydrogen (secondary N) is 1. The Morgan fingerprint density at radius 2 is 0.964 bits per heavy atom. The van der Waals surface area contributed by atoms with E-state index in [0.29, 0.717) is 13.0 Å². The molecule has 0 rings (SSSR count). The highest BCUT2D eigenvalue weighted by Gasteiger charge is 2.26. The normalized spacial score (nSPS) is 13.6. The first-order valence-corrected chi connectivity index (χ1v) is 24.4. The Kier molecular flexibility index (Phi) is 41.5. The van der Waals surface area contributed by atoms with Crippen molar-refractivity contribution >= 4 is 19.8 Å². The van der Waals surface area contributed by atoms with Gasteiger partial charge >= 0.3 is 19.8 Å². The molecule has 2 unspecified atom stereocenters. The van der Waals surface area contributed by atoms with E-state index in [0.717, 1.165) is 51.4 Å². The topological polar surface area (TPSA) is 120 Å². The summed E-state index contributed by atoms with van der Waals surface area (Å²) in [6.45, 7) is 4.20.